The van der Waals surface area contributed by atoms with E-state index in [4.69, 9.17) is 0 Å². The van der Waals surface area contributed by atoms with Crippen molar-refractivity contribution in [2.24, 2.45) is 5.92 Å². The first-order valence-electron chi connectivity index (χ1n) is 10.3. The maximum atomic E-state index is 13.4. The average Bonchev–Trinajstić information content (AvgIpc) is 3.33. The number of rotatable bonds is 7. The van der Waals surface area contributed by atoms with E-state index in [1.807, 2.05) is 59.0 Å². The van der Waals surface area contributed by atoms with Crippen LogP contribution in [0.2, 0.25) is 0 Å². The molecule has 156 valence electrons. The highest BCUT2D eigenvalue weighted by molar-refractivity contribution is 7.82. The molecule has 30 heavy (non-hydrogen) atoms. The molecule has 2 heterocycles. The lowest BCUT2D eigenvalue weighted by Gasteiger charge is -2.38. The molecule has 1 saturated heterocycles. The Morgan fingerprint density at radius 2 is 1.83 bits per heavy atom. The third-order valence-corrected chi connectivity index (χ3v) is 7.02. The van der Waals surface area contributed by atoms with E-state index in [1.165, 1.54) is 0 Å². The highest BCUT2D eigenvalue weighted by Crippen LogP contribution is 2.36. The SMILES string of the molecule is O=C(NCCc1cn[nH]c1)C1CCC(c2ccccc2)N(S(=O)c2ccccc2)C1. The van der Waals surface area contributed by atoms with Crippen LogP contribution in [-0.4, -0.2) is 37.7 Å². The molecule has 0 aliphatic carbocycles. The van der Waals surface area contributed by atoms with Gasteiger partial charge < -0.3 is 5.32 Å². The minimum Gasteiger partial charge on any atom is -0.355 e. The highest BCUT2D eigenvalue weighted by atomic mass is 32.2. The zero-order chi connectivity index (χ0) is 20.8. The number of aromatic amines is 1. The quantitative estimate of drug-likeness (QED) is 0.614. The van der Waals surface area contributed by atoms with Gasteiger partial charge >= 0.3 is 0 Å². The van der Waals surface area contributed by atoms with Gasteiger partial charge in [0.05, 0.1) is 17.0 Å². The number of hydrogen-bond acceptors (Lipinski definition) is 3. The molecule has 1 aliphatic rings. The summed E-state index contributed by atoms with van der Waals surface area (Å²) in [5.41, 5.74) is 2.20. The fourth-order valence-corrected chi connectivity index (χ4v) is 5.34. The number of nitrogens with one attached hydrogen (secondary N) is 2. The molecule has 6 nitrogen and oxygen atoms in total. The van der Waals surface area contributed by atoms with Crippen LogP contribution in [0.3, 0.4) is 0 Å². The van der Waals surface area contributed by atoms with Gasteiger partial charge in [0, 0.05) is 25.3 Å². The van der Waals surface area contributed by atoms with Crippen LogP contribution in [0.4, 0.5) is 0 Å². The Balaban J connectivity index is 1.47. The first kappa shape index (κ1) is 20.5. The summed E-state index contributed by atoms with van der Waals surface area (Å²) in [6, 6.07) is 19.7. The van der Waals surface area contributed by atoms with Gasteiger partial charge in [-0.25, -0.2) is 8.51 Å². The molecule has 0 saturated carbocycles. The van der Waals surface area contributed by atoms with Crippen molar-refractivity contribution in [3.05, 3.63) is 84.2 Å². The third-order valence-electron chi connectivity index (χ3n) is 5.52. The molecule has 1 fully saturated rings. The van der Waals surface area contributed by atoms with Crippen molar-refractivity contribution in [1.82, 2.24) is 19.8 Å². The number of carbonyl (C=O) groups excluding carboxylic acids is 1. The van der Waals surface area contributed by atoms with Gasteiger partial charge in [0.2, 0.25) is 5.91 Å². The number of hydrogen-bond donors (Lipinski definition) is 2. The molecular formula is C23H26N4O2S. The van der Waals surface area contributed by atoms with Crippen molar-refractivity contribution in [2.75, 3.05) is 13.1 Å². The van der Waals surface area contributed by atoms with E-state index in [-0.39, 0.29) is 17.9 Å². The zero-order valence-electron chi connectivity index (χ0n) is 16.7. The summed E-state index contributed by atoms with van der Waals surface area (Å²) in [6.07, 6.45) is 5.91. The summed E-state index contributed by atoms with van der Waals surface area (Å²) in [5, 5.41) is 9.75. The summed E-state index contributed by atoms with van der Waals surface area (Å²) < 4.78 is 15.4. The van der Waals surface area contributed by atoms with Crippen molar-refractivity contribution in [3.63, 3.8) is 0 Å². The second-order valence-corrected chi connectivity index (χ2v) is 8.95. The molecular weight excluding hydrogens is 396 g/mol. The Hall–Kier alpha value is -2.77. The number of H-pyrrole nitrogens is 1. The lowest BCUT2D eigenvalue weighted by atomic mass is 9.90. The molecule has 3 unspecified atom stereocenters. The van der Waals surface area contributed by atoms with Gasteiger partial charge in [-0.2, -0.15) is 5.10 Å². The van der Waals surface area contributed by atoms with Crippen LogP contribution >= 0.6 is 0 Å². The number of piperidine rings is 1. The zero-order valence-corrected chi connectivity index (χ0v) is 17.6. The largest absolute Gasteiger partial charge is 0.355 e. The summed E-state index contributed by atoms with van der Waals surface area (Å²) in [6.45, 7) is 1.04. The molecule has 1 aromatic heterocycles. The van der Waals surface area contributed by atoms with Crippen LogP contribution in [0.5, 0.6) is 0 Å². The number of nitrogens with zero attached hydrogens (tertiary/aromatic N) is 2. The topological polar surface area (TPSA) is 78.1 Å². The Kier molecular flexibility index (Phi) is 6.71. The third kappa shape index (κ3) is 4.86. The van der Waals surface area contributed by atoms with Gasteiger partial charge in [0.15, 0.2) is 0 Å². The molecule has 2 N–H and O–H groups in total. The van der Waals surface area contributed by atoms with E-state index in [1.54, 1.807) is 6.20 Å². The lowest BCUT2D eigenvalue weighted by Crippen LogP contribution is -2.45. The van der Waals surface area contributed by atoms with Gasteiger partial charge in [-0.1, -0.05) is 48.5 Å². The molecule has 7 heteroatoms. The molecule has 4 rings (SSSR count). The van der Waals surface area contributed by atoms with Crippen molar-refractivity contribution >= 4 is 16.9 Å². The average molecular weight is 423 g/mol. The van der Waals surface area contributed by atoms with Crippen molar-refractivity contribution < 1.29 is 9.00 Å². The normalized spacial score (nSPS) is 20.5. The van der Waals surface area contributed by atoms with E-state index in [0.717, 1.165) is 35.3 Å². The molecule has 1 aliphatic heterocycles. The van der Waals surface area contributed by atoms with E-state index >= 15 is 0 Å². The van der Waals surface area contributed by atoms with Crippen molar-refractivity contribution in [3.8, 4) is 0 Å². The Morgan fingerprint density at radius 1 is 1.10 bits per heavy atom. The number of carbonyl (C=O) groups is 1. The van der Waals surface area contributed by atoms with Gasteiger partial charge in [0.1, 0.15) is 11.0 Å². The summed E-state index contributed by atoms with van der Waals surface area (Å²) in [4.78, 5) is 13.6. The Morgan fingerprint density at radius 3 is 2.53 bits per heavy atom. The Labute approximate surface area is 179 Å². The predicted molar refractivity (Wildman–Crippen MR) is 117 cm³/mol. The molecule has 0 bridgehead atoms. The summed E-state index contributed by atoms with van der Waals surface area (Å²) >= 11 is 0. The minimum atomic E-state index is -1.33. The smallest absolute Gasteiger partial charge is 0.224 e. The molecule has 0 spiro atoms. The summed E-state index contributed by atoms with van der Waals surface area (Å²) in [5.74, 6) is -0.151. The van der Waals surface area contributed by atoms with Gasteiger partial charge in [0.25, 0.3) is 0 Å². The second kappa shape index (κ2) is 9.82. The molecule has 2 aromatic carbocycles. The lowest BCUT2D eigenvalue weighted by molar-refractivity contribution is -0.126. The standard InChI is InChI=1S/C23H26N4O2S/c28-23(24-14-13-18-15-25-26-16-18)20-11-12-22(19-7-3-1-4-8-19)27(17-20)30(29)21-9-5-2-6-10-21/h1-10,15-16,20,22H,11-14,17H2,(H,24,28)(H,25,26). The van der Waals surface area contributed by atoms with Gasteiger partial charge in [-0.05, 0) is 42.5 Å². The number of benzene rings is 2. The fourth-order valence-electron chi connectivity index (χ4n) is 3.91. The highest BCUT2D eigenvalue weighted by Gasteiger charge is 2.36. The number of aromatic nitrogens is 2. The number of amides is 1. The van der Waals surface area contributed by atoms with E-state index < -0.39 is 11.0 Å². The first-order chi connectivity index (χ1) is 14.7. The van der Waals surface area contributed by atoms with Crippen molar-refractivity contribution in [2.45, 2.75) is 30.2 Å². The molecule has 1 amide bonds. The molecule has 0 radical (unpaired) electrons. The van der Waals surface area contributed by atoms with E-state index in [0.29, 0.717) is 13.1 Å². The molecule has 3 aromatic rings. The van der Waals surface area contributed by atoms with Crippen LogP contribution in [0.15, 0.2) is 78.0 Å². The monoisotopic (exact) mass is 422 g/mol. The predicted octanol–water partition coefficient (Wildman–Crippen LogP) is 3.24. The van der Waals surface area contributed by atoms with Crippen LogP contribution < -0.4 is 5.32 Å². The molecule has 3 atom stereocenters. The van der Waals surface area contributed by atoms with Gasteiger partial charge in [-0.15, -0.1) is 0 Å². The minimum absolute atomic E-state index is 0.0278. The van der Waals surface area contributed by atoms with Gasteiger partial charge in [-0.3, -0.25) is 9.89 Å². The van der Waals surface area contributed by atoms with Crippen LogP contribution in [0.1, 0.15) is 30.0 Å². The maximum Gasteiger partial charge on any atom is 0.224 e. The van der Waals surface area contributed by atoms with E-state index in [9.17, 15) is 9.00 Å². The van der Waals surface area contributed by atoms with Crippen molar-refractivity contribution in [1.29, 1.82) is 0 Å². The maximum absolute atomic E-state index is 13.4. The second-order valence-electron chi connectivity index (χ2n) is 7.51. The first-order valence-corrected chi connectivity index (χ1v) is 11.4. The van der Waals surface area contributed by atoms with Crippen LogP contribution in [-0.2, 0) is 22.2 Å². The van der Waals surface area contributed by atoms with Crippen LogP contribution in [0.25, 0.3) is 0 Å². The van der Waals surface area contributed by atoms with Crippen LogP contribution in [0, 0.1) is 5.92 Å². The van der Waals surface area contributed by atoms with E-state index in [2.05, 4.69) is 27.6 Å². The summed E-state index contributed by atoms with van der Waals surface area (Å²) in [7, 11) is -1.33. The Bertz CT molecular complexity index is 963. The fraction of sp³-hybridized carbons (Fsp3) is 0.304.